The van der Waals surface area contributed by atoms with Gasteiger partial charge in [-0.25, -0.2) is 0 Å². The molecule has 0 aromatic rings. The minimum atomic E-state index is 0. The number of halogens is 1. The zero-order valence-corrected chi connectivity index (χ0v) is 7.52. The number of piperidine rings is 2. The molecule has 3 heteroatoms. The number of hydroxylamine groups is 2. The first-order chi connectivity index (χ1) is 4.88. The van der Waals surface area contributed by atoms with Crippen molar-refractivity contribution in [2.45, 2.75) is 50.6 Å². The van der Waals surface area contributed by atoms with Crippen LogP contribution in [0.25, 0.3) is 0 Å². The van der Waals surface area contributed by atoms with Gasteiger partial charge in [-0.1, -0.05) is 12.8 Å². The lowest BCUT2D eigenvalue weighted by Crippen LogP contribution is -2.47. The Balaban J connectivity index is 0.000000605. The maximum absolute atomic E-state index is 9.52. The number of rotatable bonds is 0. The van der Waals surface area contributed by atoms with Gasteiger partial charge in [0.15, 0.2) is 0 Å². The molecule has 66 valence electrons. The first-order valence-corrected chi connectivity index (χ1v) is 4.35. The second-order valence-corrected chi connectivity index (χ2v) is 3.55. The topological polar surface area (TPSA) is 23.5 Å². The van der Waals surface area contributed by atoms with Crippen LogP contribution in [-0.4, -0.2) is 22.4 Å². The summed E-state index contributed by atoms with van der Waals surface area (Å²) in [7, 11) is 0. The van der Waals surface area contributed by atoms with Crippen LogP contribution in [-0.2, 0) is 0 Å². The molecule has 2 saturated heterocycles. The average molecular weight is 178 g/mol. The highest BCUT2D eigenvalue weighted by atomic mass is 35.5. The summed E-state index contributed by atoms with van der Waals surface area (Å²) in [4.78, 5) is 0. The highest BCUT2D eigenvalue weighted by Gasteiger charge is 2.32. The molecule has 2 fully saturated rings. The number of hydrogen-bond donors (Lipinski definition) is 1. The fraction of sp³-hybridized carbons (Fsp3) is 1.00. The lowest BCUT2D eigenvalue weighted by atomic mass is 9.86. The zero-order chi connectivity index (χ0) is 6.97. The van der Waals surface area contributed by atoms with E-state index in [9.17, 15) is 5.21 Å². The number of nitrogens with zero attached hydrogens (tertiary/aromatic N) is 1. The fourth-order valence-electron chi connectivity index (χ4n) is 2.29. The van der Waals surface area contributed by atoms with E-state index in [2.05, 4.69) is 0 Å². The lowest BCUT2D eigenvalue weighted by Gasteiger charge is -2.41. The van der Waals surface area contributed by atoms with Gasteiger partial charge >= 0.3 is 0 Å². The van der Waals surface area contributed by atoms with Crippen molar-refractivity contribution >= 4 is 12.4 Å². The molecule has 2 aliphatic rings. The van der Waals surface area contributed by atoms with Crippen molar-refractivity contribution in [3.8, 4) is 0 Å². The molecule has 0 saturated carbocycles. The van der Waals surface area contributed by atoms with Crippen LogP contribution in [0.4, 0.5) is 0 Å². The largest absolute Gasteiger partial charge is 0.313 e. The molecular weight excluding hydrogens is 162 g/mol. The van der Waals surface area contributed by atoms with Gasteiger partial charge in [0.2, 0.25) is 0 Å². The van der Waals surface area contributed by atoms with Gasteiger partial charge in [0, 0.05) is 12.1 Å². The third-order valence-electron chi connectivity index (χ3n) is 2.90. The highest BCUT2D eigenvalue weighted by molar-refractivity contribution is 5.85. The van der Waals surface area contributed by atoms with Gasteiger partial charge < -0.3 is 5.21 Å². The summed E-state index contributed by atoms with van der Waals surface area (Å²) < 4.78 is 0. The molecule has 0 atom stereocenters. The second-order valence-electron chi connectivity index (χ2n) is 3.55. The van der Waals surface area contributed by atoms with Crippen LogP contribution in [0.2, 0.25) is 0 Å². The lowest BCUT2D eigenvalue weighted by molar-refractivity contribution is -0.193. The van der Waals surface area contributed by atoms with E-state index < -0.39 is 0 Å². The van der Waals surface area contributed by atoms with Gasteiger partial charge in [0.05, 0.1) is 0 Å². The smallest absolute Gasteiger partial charge is 0.0353 e. The van der Waals surface area contributed by atoms with Crippen LogP contribution in [0.5, 0.6) is 0 Å². The highest BCUT2D eigenvalue weighted by Crippen LogP contribution is 2.31. The van der Waals surface area contributed by atoms with E-state index in [1.165, 1.54) is 38.5 Å². The maximum Gasteiger partial charge on any atom is 0.0353 e. The van der Waals surface area contributed by atoms with Gasteiger partial charge in [-0.2, -0.15) is 5.06 Å². The monoisotopic (exact) mass is 177 g/mol. The van der Waals surface area contributed by atoms with E-state index in [0.29, 0.717) is 12.1 Å². The minimum absolute atomic E-state index is 0. The first-order valence-electron chi connectivity index (χ1n) is 4.35. The van der Waals surface area contributed by atoms with Gasteiger partial charge in [-0.3, -0.25) is 0 Å². The van der Waals surface area contributed by atoms with Crippen LogP contribution in [0.1, 0.15) is 38.5 Å². The number of fused-ring (bicyclic) bond motifs is 2. The molecule has 1 N–H and O–H groups in total. The van der Waals surface area contributed by atoms with Crippen molar-refractivity contribution in [1.82, 2.24) is 5.06 Å². The summed E-state index contributed by atoms with van der Waals surface area (Å²) >= 11 is 0. The van der Waals surface area contributed by atoms with Crippen LogP contribution in [0, 0.1) is 0 Å². The summed E-state index contributed by atoms with van der Waals surface area (Å²) in [5.41, 5.74) is 0. The van der Waals surface area contributed by atoms with E-state index in [-0.39, 0.29) is 12.4 Å². The van der Waals surface area contributed by atoms with Crippen LogP contribution in [0.3, 0.4) is 0 Å². The Bertz CT molecular complexity index is 109. The summed E-state index contributed by atoms with van der Waals surface area (Å²) in [5.74, 6) is 0. The normalized spacial score (nSPS) is 37.9. The molecule has 2 nitrogen and oxygen atoms in total. The quantitative estimate of drug-likeness (QED) is 0.614. The van der Waals surface area contributed by atoms with Crippen molar-refractivity contribution in [2.24, 2.45) is 0 Å². The Hall–Kier alpha value is 0.210. The summed E-state index contributed by atoms with van der Waals surface area (Å²) in [6.07, 6.45) is 7.51. The molecule has 11 heavy (non-hydrogen) atoms. The Labute approximate surface area is 73.9 Å². The van der Waals surface area contributed by atoms with E-state index in [4.69, 9.17) is 0 Å². The Kier molecular flexibility index (Phi) is 3.16. The fourth-order valence-corrected chi connectivity index (χ4v) is 2.29. The van der Waals surface area contributed by atoms with Crippen LogP contribution < -0.4 is 0 Å². The Morgan fingerprint density at radius 2 is 1.27 bits per heavy atom. The molecular formula is C8H16ClNO. The van der Waals surface area contributed by atoms with Crippen LogP contribution >= 0.6 is 12.4 Å². The molecule has 0 spiro atoms. The van der Waals surface area contributed by atoms with E-state index in [1.54, 1.807) is 5.06 Å². The van der Waals surface area contributed by atoms with Crippen LogP contribution in [0.15, 0.2) is 0 Å². The predicted molar refractivity (Wildman–Crippen MR) is 46.2 cm³/mol. The van der Waals surface area contributed by atoms with Crippen molar-refractivity contribution in [3.05, 3.63) is 0 Å². The molecule has 2 bridgehead atoms. The molecule has 0 unspecified atom stereocenters. The molecule has 2 rings (SSSR count). The second kappa shape index (κ2) is 3.74. The van der Waals surface area contributed by atoms with E-state index in [1.807, 2.05) is 0 Å². The van der Waals surface area contributed by atoms with E-state index in [0.717, 1.165) is 0 Å². The minimum Gasteiger partial charge on any atom is -0.313 e. The molecule has 2 heterocycles. The van der Waals surface area contributed by atoms with Gasteiger partial charge in [-0.05, 0) is 25.7 Å². The van der Waals surface area contributed by atoms with E-state index >= 15 is 0 Å². The molecule has 0 aromatic carbocycles. The summed E-state index contributed by atoms with van der Waals surface area (Å²) in [6.45, 7) is 0. The van der Waals surface area contributed by atoms with Crippen molar-refractivity contribution in [3.63, 3.8) is 0 Å². The van der Waals surface area contributed by atoms with Crippen molar-refractivity contribution < 1.29 is 5.21 Å². The third kappa shape index (κ3) is 1.68. The SMILES string of the molecule is Cl.ON1C2CCCC1CCC2. The summed E-state index contributed by atoms with van der Waals surface area (Å²) in [6, 6.07) is 1.01. The third-order valence-corrected chi connectivity index (χ3v) is 2.90. The van der Waals surface area contributed by atoms with Gasteiger partial charge in [0.25, 0.3) is 0 Å². The zero-order valence-electron chi connectivity index (χ0n) is 6.70. The molecule has 0 amide bonds. The van der Waals surface area contributed by atoms with Gasteiger partial charge in [0.1, 0.15) is 0 Å². The molecule has 0 aliphatic carbocycles. The van der Waals surface area contributed by atoms with Gasteiger partial charge in [-0.15, -0.1) is 12.4 Å². The standard InChI is InChI=1S/C8H15NO.ClH/c10-9-7-3-1-4-8(9)6-2-5-7;/h7-8,10H,1-6H2;1H. The molecule has 2 aliphatic heterocycles. The average Bonchev–Trinajstić information content (AvgIpc) is 1.86. The summed E-state index contributed by atoms with van der Waals surface area (Å²) in [5, 5.41) is 11.1. The molecule has 0 aromatic heterocycles. The molecule has 0 radical (unpaired) electrons. The maximum atomic E-state index is 9.52. The number of hydrogen-bond acceptors (Lipinski definition) is 2. The predicted octanol–water partition coefficient (Wildman–Crippen LogP) is 2.20. The Morgan fingerprint density at radius 1 is 0.909 bits per heavy atom. The van der Waals surface area contributed by atoms with Crippen molar-refractivity contribution in [2.75, 3.05) is 0 Å². The Morgan fingerprint density at radius 3 is 1.55 bits per heavy atom. The van der Waals surface area contributed by atoms with Crippen molar-refractivity contribution in [1.29, 1.82) is 0 Å². The first kappa shape index (κ1) is 9.30.